The van der Waals surface area contributed by atoms with Crippen LogP contribution in [0, 0.1) is 0 Å². The van der Waals surface area contributed by atoms with Gasteiger partial charge in [0.1, 0.15) is 12.4 Å². The van der Waals surface area contributed by atoms with Crippen molar-refractivity contribution in [2.45, 2.75) is 32.4 Å². The molecule has 0 spiro atoms. The van der Waals surface area contributed by atoms with Crippen LogP contribution >= 0.6 is 11.3 Å². The van der Waals surface area contributed by atoms with Crippen molar-refractivity contribution in [2.24, 2.45) is 0 Å². The van der Waals surface area contributed by atoms with E-state index in [1.165, 1.54) is 41.9 Å². The number of nitrogens with zero attached hydrogens (tertiary/aromatic N) is 1. The molecule has 0 radical (unpaired) electrons. The van der Waals surface area contributed by atoms with Gasteiger partial charge >= 0.3 is 0 Å². The van der Waals surface area contributed by atoms with E-state index >= 15 is 0 Å². The Balaban J connectivity index is 1.32. The van der Waals surface area contributed by atoms with Crippen LogP contribution in [0.1, 0.15) is 35.0 Å². The van der Waals surface area contributed by atoms with E-state index in [0.29, 0.717) is 19.2 Å². The number of hydrogen-bond acceptors (Lipinski definition) is 4. The summed E-state index contributed by atoms with van der Waals surface area (Å²) in [6.07, 6.45) is 2.58. The van der Waals surface area contributed by atoms with Crippen LogP contribution in [-0.2, 0) is 6.54 Å². The minimum absolute atomic E-state index is 0.0510. The average Bonchev–Trinajstić information content (AvgIpc) is 3.42. The van der Waals surface area contributed by atoms with Crippen molar-refractivity contribution in [3.05, 3.63) is 77.2 Å². The molecule has 1 saturated heterocycles. The quantitative estimate of drug-likeness (QED) is 0.509. The van der Waals surface area contributed by atoms with Crippen LogP contribution in [0.3, 0.4) is 0 Å². The van der Waals surface area contributed by atoms with Crippen LogP contribution in [0.5, 0.6) is 5.75 Å². The summed E-state index contributed by atoms with van der Waals surface area (Å²) >= 11 is 1.53. The second-order valence-electron chi connectivity index (χ2n) is 7.74. The topological polar surface area (TPSA) is 41.6 Å². The van der Waals surface area contributed by atoms with E-state index in [1.807, 2.05) is 42.5 Å². The zero-order valence-electron chi connectivity index (χ0n) is 17.3. The molecule has 2 heterocycles. The first-order chi connectivity index (χ1) is 14.7. The van der Waals surface area contributed by atoms with Gasteiger partial charge in [0.05, 0.1) is 11.4 Å². The van der Waals surface area contributed by atoms with Gasteiger partial charge in [0.15, 0.2) is 0 Å². The Hall–Kier alpha value is -2.63. The molecule has 4 rings (SSSR count). The third kappa shape index (κ3) is 5.29. The molecule has 1 atom stereocenters. The molecule has 4 nitrogen and oxygen atoms in total. The zero-order valence-corrected chi connectivity index (χ0v) is 18.2. The molecule has 0 saturated carbocycles. The highest BCUT2D eigenvalue weighted by molar-refractivity contribution is 7.17. The van der Waals surface area contributed by atoms with Gasteiger partial charge in [-0.15, -0.1) is 11.3 Å². The molecule has 1 amide bonds. The molecule has 3 aromatic rings. The monoisotopic (exact) mass is 420 g/mol. The maximum atomic E-state index is 12.5. The lowest BCUT2D eigenvalue weighted by Crippen LogP contribution is -2.27. The van der Waals surface area contributed by atoms with Gasteiger partial charge in [-0.25, -0.2) is 0 Å². The first-order valence-corrected chi connectivity index (χ1v) is 11.4. The lowest BCUT2D eigenvalue weighted by molar-refractivity contribution is 0.0951. The predicted octanol–water partition coefficient (Wildman–Crippen LogP) is 5.21. The summed E-state index contributed by atoms with van der Waals surface area (Å²) < 4.78 is 5.63. The van der Waals surface area contributed by atoms with E-state index in [4.69, 9.17) is 4.74 Å². The second-order valence-corrected chi connectivity index (χ2v) is 8.83. The molecule has 2 aromatic carbocycles. The van der Waals surface area contributed by atoms with Crippen molar-refractivity contribution in [2.75, 3.05) is 19.7 Å². The number of likely N-dealkylation sites (tertiary alicyclic amines) is 1. The van der Waals surface area contributed by atoms with E-state index in [2.05, 4.69) is 41.4 Å². The fourth-order valence-corrected chi connectivity index (χ4v) is 4.76. The maximum absolute atomic E-state index is 12.5. The Morgan fingerprint density at radius 3 is 2.80 bits per heavy atom. The maximum Gasteiger partial charge on any atom is 0.261 e. The lowest BCUT2D eigenvalue weighted by atomic mass is 10.1. The second kappa shape index (κ2) is 9.92. The van der Waals surface area contributed by atoms with Gasteiger partial charge in [0.2, 0.25) is 0 Å². The normalized spacial score (nSPS) is 16.5. The van der Waals surface area contributed by atoms with Gasteiger partial charge in [-0.1, -0.05) is 36.4 Å². The fraction of sp³-hybridized carbons (Fsp3) is 0.320. The van der Waals surface area contributed by atoms with Crippen molar-refractivity contribution in [1.29, 1.82) is 0 Å². The number of para-hydroxylation sites is 1. The first-order valence-electron chi connectivity index (χ1n) is 10.6. The van der Waals surface area contributed by atoms with Gasteiger partial charge in [0.25, 0.3) is 5.91 Å². The van der Waals surface area contributed by atoms with Gasteiger partial charge in [-0.05, 0) is 67.8 Å². The third-order valence-electron chi connectivity index (χ3n) is 5.52. The molecule has 0 aliphatic carbocycles. The molecule has 1 aliphatic rings. The number of rotatable bonds is 8. The highest BCUT2D eigenvalue weighted by Crippen LogP contribution is 2.29. The number of carbonyl (C=O) groups is 1. The smallest absolute Gasteiger partial charge is 0.261 e. The van der Waals surface area contributed by atoms with Gasteiger partial charge in [0, 0.05) is 17.5 Å². The average molecular weight is 421 g/mol. The van der Waals surface area contributed by atoms with Gasteiger partial charge < -0.3 is 10.1 Å². The Labute approximate surface area is 182 Å². The summed E-state index contributed by atoms with van der Waals surface area (Å²) in [6, 6.07) is 22.9. The van der Waals surface area contributed by atoms with E-state index < -0.39 is 0 Å². The van der Waals surface area contributed by atoms with Crippen LogP contribution in [0.2, 0.25) is 0 Å². The summed E-state index contributed by atoms with van der Waals surface area (Å²) in [4.78, 5) is 16.9. The molecule has 1 fully saturated rings. The van der Waals surface area contributed by atoms with Crippen LogP contribution < -0.4 is 10.1 Å². The molecule has 1 aliphatic heterocycles. The van der Waals surface area contributed by atoms with Crippen molar-refractivity contribution in [3.8, 4) is 16.2 Å². The highest BCUT2D eigenvalue weighted by Gasteiger charge is 2.20. The van der Waals surface area contributed by atoms with Crippen molar-refractivity contribution < 1.29 is 9.53 Å². The molecule has 1 unspecified atom stereocenters. The van der Waals surface area contributed by atoms with Crippen LogP contribution in [0.25, 0.3) is 10.4 Å². The Morgan fingerprint density at radius 1 is 1.13 bits per heavy atom. The summed E-state index contributed by atoms with van der Waals surface area (Å²) in [5, 5.41) is 2.94. The van der Waals surface area contributed by atoms with Crippen LogP contribution in [0.15, 0.2) is 66.7 Å². The largest absolute Gasteiger partial charge is 0.492 e. The van der Waals surface area contributed by atoms with Gasteiger partial charge in [-0.2, -0.15) is 0 Å². The minimum atomic E-state index is -0.0510. The Morgan fingerprint density at radius 2 is 2.00 bits per heavy atom. The number of carbonyl (C=O) groups excluding carboxylic acids is 1. The number of hydrogen-bond donors (Lipinski definition) is 1. The van der Waals surface area contributed by atoms with E-state index in [9.17, 15) is 4.79 Å². The molecule has 5 heteroatoms. The Kier molecular flexibility index (Phi) is 6.82. The molecule has 156 valence electrons. The lowest BCUT2D eigenvalue weighted by Gasteiger charge is -2.21. The summed E-state index contributed by atoms with van der Waals surface area (Å²) in [6.45, 7) is 5.42. The number of benzene rings is 2. The first kappa shape index (κ1) is 20.6. The third-order valence-corrected chi connectivity index (χ3v) is 6.65. The van der Waals surface area contributed by atoms with Crippen LogP contribution in [0.4, 0.5) is 0 Å². The summed E-state index contributed by atoms with van der Waals surface area (Å²) in [7, 11) is 0. The number of thiophene rings is 1. The van der Waals surface area contributed by atoms with Gasteiger partial charge in [-0.3, -0.25) is 9.69 Å². The molecule has 1 N–H and O–H groups in total. The number of nitrogens with one attached hydrogen (secondary N) is 1. The van der Waals surface area contributed by atoms with Crippen LogP contribution in [-0.4, -0.2) is 36.5 Å². The minimum Gasteiger partial charge on any atom is -0.492 e. The van der Waals surface area contributed by atoms with Crippen molar-refractivity contribution in [1.82, 2.24) is 10.2 Å². The molecule has 0 bridgehead atoms. The molecule has 1 aromatic heterocycles. The number of amides is 1. The van der Waals surface area contributed by atoms with Crippen molar-refractivity contribution in [3.63, 3.8) is 0 Å². The summed E-state index contributed by atoms with van der Waals surface area (Å²) in [5.41, 5.74) is 2.51. The molecular formula is C25H28N2O2S. The number of ether oxygens (including phenoxy) is 1. The standard InChI is InChI=1S/C25H28N2O2S/c1-19-7-6-15-27(19)18-20-8-5-9-21(17-20)23-12-13-24(30-23)25(28)26-14-16-29-22-10-3-2-4-11-22/h2-5,8-13,17,19H,6-7,14-16,18H2,1H3,(H,26,28). The molecule has 30 heavy (non-hydrogen) atoms. The van der Waals surface area contributed by atoms with Crippen molar-refractivity contribution >= 4 is 17.2 Å². The SMILES string of the molecule is CC1CCCN1Cc1cccc(-c2ccc(C(=O)NCCOc3ccccc3)s2)c1. The molecular weight excluding hydrogens is 392 g/mol. The fourth-order valence-electron chi connectivity index (χ4n) is 3.84. The Bertz CT molecular complexity index is 970. The highest BCUT2D eigenvalue weighted by atomic mass is 32.1. The summed E-state index contributed by atoms with van der Waals surface area (Å²) in [5.74, 6) is 0.762. The predicted molar refractivity (Wildman–Crippen MR) is 123 cm³/mol. The van der Waals surface area contributed by atoms with E-state index in [0.717, 1.165) is 22.0 Å². The zero-order chi connectivity index (χ0) is 20.8. The van der Waals surface area contributed by atoms with E-state index in [1.54, 1.807) is 0 Å². The van der Waals surface area contributed by atoms with E-state index in [-0.39, 0.29) is 5.91 Å².